The van der Waals surface area contributed by atoms with E-state index in [0.717, 1.165) is 0 Å². The van der Waals surface area contributed by atoms with Gasteiger partial charge in [-0.05, 0) is 0 Å². The third kappa shape index (κ3) is 6.55. The molecule has 0 saturated heterocycles. The van der Waals surface area contributed by atoms with Crippen LogP contribution in [0.5, 0.6) is 0 Å². The molecule has 0 heterocycles. The van der Waals surface area contributed by atoms with Gasteiger partial charge in [0.2, 0.25) is 0 Å². The van der Waals surface area contributed by atoms with Crippen LogP contribution in [0.15, 0.2) is 0 Å². The van der Waals surface area contributed by atoms with Gasteiger partial charge in [0.15, 0.2) is 12.2 Å². The number of rotatable bonds is 2. The quantitative estimate of drug-likeness (QED) is 0.724. The van der Waals surface area contributed by atoms with Gasteiger partial charge in [-0.3, -0.25) is 0 Å². The summed E-state index contributed by atoms with van der Waals surface area (Å²) in [6, 6.07) is 0. The molecular weight excluding hydrogens is 358 g/mol. The molecule has 0 amide bonds. The number of hydrogen-bond acceptors (Lipinski definition) is 2. The van der Waals surface area contributed by atoms with Crippen molar-refractivity contribution in [3.8, 4) is 0 Å². The molecule has 0 spiro atoms. The summed E-state index contributed by atoms with van der Waals surface area (Å²) in [5, 5.41) is 16.3. The zero-order valence-corrected chi connectivity index (χ0v) is 8.83. The van der Waals surface area contributed by atoms with Gasteiger partial charge in [-0.15, -0.1) is 0 Å². The van der Waals surface area contributed by atoms with Gasteiger partial charge >= 0.3 is 12.4 Å². The minimum Gasteiger partial charge on any atom is -0.384 e. The Morgan fingerprint density at radius 2 is 1.00 bits per heavy atom. The molecule has 9 heteroatoms. The molecule has 0 rings (SSSR count). The van der Waals surface area contributed by atoms with E-state index in [2.05, 4.69) is 0 Å². The Hall–Kier alpha value is 1.08. The third-order valence-electron chi connectivity index (χ3n) is 1.20. The van der Waals surface area contributed by atoms with Crippen molar-refractivity contribution >= 4 is 0 Å². The van der Waals surface area contributed by atoms with Gasteiger partial charge in [-0.1, -0.05) is 0 Å². The third-order valence-corrected chi connectivity index (χ3v) is 1.20. The van der Waals surface area contributed by atoms with Crippen molar-refractivity contribution in [3.63, 3.8) is 0 Å². The summed E-state index contributed by atoms with van der Waals surface area (Å²) in [5.74, 6) is 0. The number of alkyl halides is 6. The summed E-state index contributed by atoms with van der Waals surface area (Å²) in [6.45, 7) is 0. The predicted molar refractivity (Wildman–Crippen MR) is 28.7 cm³/mol. The van der Waals surface area contributed by atoms with Crippen molar-refractivity contribution < 1.29 is 85.9 Å². The minimum absolute atomic E-state index is 0. The van der Waals surface area contributed by atoms with Crippen LogP contribution in [-0.2, 0) is 0 Å². The second-order valence-corrected chi connectivity index (χ2v) is 2.35. The average molecular weight is 364 g/mol. The van der Waals surface area contributed by atoms with Crippen LogP contribution in [0, 0.1) is 49.4 Å². The molecule has 14 heavy (non-hydrogen) atoms. The fraction of sp³-hybridized carbons (Fsp3) is 1.00. The molecular formula is C5H6EuF6O2. The first-order valence-electron chi connectivity index (χ1n) is 3.04. The molecule has 2 atom stereocenters. The van der Waals surface area contributed by atoms with Gasteiger partial charge in [0.25, 0.3) is 0 Å². The van der Waals surface area contributed by atoms with Gasteiger partial charge in [0.05, 0.1) is 0 Å². The molecule has 2 unspecified atom stereocenters. The van der Waals surface area contributed by atoms with Crippen LogP contribution in [0.2, 0.25) is 0 Å². The topological polar surface area (TPSA) is 40.5 Å². The van der Waals surface area contributed by atoms with E-state index in [1.165, 1.54) is 0 Å². The molecule has 0 aromatic heterocycles. The van der Waals surface area contributed by atoms with E-state index in [-0.39, 0.29) is 49.4 Å². The molecule has 0 aliphatic heterocycles. The first-order chi connectivity index (χ1) is 5.55. The Bertz CT molecular complexity index is 149. The molecule has 0 aromatic carbocycles. The van der Waals surface area contributed by atoms with E-state index >= 15 is 0 Å². The maximum Gasteiger partial charge on any atom is 0.414 e. The minimum atomic E-state index is -5.15. The van der Waals surface area contributed by atoms with Crippen molar-refractivity contribution in [2.24, 2.45) is 0 Å². The van der Waals surface area contributed by atoms with Crippen molar-refractivity contribution in [3.05, 3.63) is 0 Å². The Balaban J connectivity index is 0. The normalized spacial score (nSPS) is 17.1. The second kappa shape index (κ2) is 5.98. The molecule has 0 aliphatic rings. The van der Waals surface area contributed by atoms with E-state index in [0.29, 0.717) is 0 Å². The summed E-state index contributed by atoms with van der Waals surface area (Å²) < 4.78 is 68.8. The summed E-state index contributed by atoms with van der Waals surface area (Å²) in [5.41, 5.74) is 0. The van der Waals surface area contributed by atoms with Crippen LogP contribution in [0.1, 0.15) is 6.42 Å². The van der Waals surface area contributed by atoms with Crippen LogP contribution < -0.4 is 0 Å². The first kappa shape index (κ1) is 17.5. The summed E-state index contributed by atoms with van der Waals surface area (Å²) >= 11 is 0. The van der Waals surface area contributed by atoms with E-state index in [1.54, 1.807) is 0 Å². The number of halogens is 6. The SMILES string of the molecule is OC(CC(O)C(F)(F)F)C(F)(F)F.[Eu]. The monoisotopic (exact) mass is 365 g/mol. The Labute approximate surface area is 116 Å². The molecule has 0 saturated carbocycles. The van der Waals surface area contributed by atoms with Crippen molar-refractivity contribution in [2.45, 2.75) is 31.0 Å². The number of hydrogen-bond donors (Lipinski definition) is 2. The van der Waals surface area contributed by atoms with Gasteiger partial charge in [0, 0.05) is 55.8 Å². The van der Waals surface area contributed by atoms with Crippen molar-refractivity contribution in [2.75, 3.05) is 0 Å². The molecule has 2 nitrogen and oxygen atoms in total. The average Bonchev–Trinajstić information content (AvgIpc) is 1.82. The number of aliphatic hydroxyl groups excluding tert-OH is 2. The van der Waals surface area contributed by atoms with Crippen LogP contribution >= 0.6 is 0 Å². The molecule has 87 valence electrons. The van der Waals surface area contributed by atoms with Gasteiger partial charge in [0.1, 0.15) is 0 Å². The van der Waals surface area contributed by atoms with Crippen molar-refractivity contribution in [1.82, 2.24) is 0 Å². The summed E-state index contributed by atoms with van der Waals surface area (Å²) in [4.78, 5) is 0. The van der Waals surface area contributed by atoms with Crippen molar-refractivity contribution in [1.29, 1.82) is 0 Å². The molecule has 0 aromatic rings. The van der Waals surface area contributed by atoms with Crippen LogP contribution in [-0.4, -0.2) is 34.8 Å². The first-order valence-corrected chi connectivity index (χ1v) is 3.04. The molecule has 1 radical (unpaired) electrons. The maximum absolute atomic E-state index is 11.5. The molecule has 0 bridgehead atoms. The van der Waals surface area contributed by atoms with Crippen LogP contribution in [0.4, 0.5) is 26.3 Å². The standard InChI is InChI=1S/C5H6F6O2.Eu/c6-4(7,8)2(12)1-3(13)5(9,10)11;/h2-3,12-13H,1H2;. The zero-order valence-electron chi connectivity index (χ0n) is 6.40. The van der Waals surface area contributed by atoms with Gasteiger partial charge in [-0.25, -0.2) is 0 Å². The second-order valence-electron chi connectivity index (χ2n) is 2.35. The predicted octanol–water partition coefficient (Wildman–Crippen LogP) is 1.22. The Morgan fingerprint density at radius 1 is 0.786 bits per heavy atom. The van der Waals surface area contributed by atoms with Crippen LogP contribution in [0.3, 0.4) is 0 Å². The van der Waals surface area contributed by atoms with Gasteiger partial charge < -0.3 is 10.2 Å². The summed E-state index contributed by atoms with van der Waals surface area (Å²) in [6.07, 6.45) is -18.4. The largest absolute Gasteiger partial charge is 0.414 e. The fourth-order valence-corrected chi connectivity index (χ4v) is 0.479. The molecule has 0 fully saturated rings. The molecule has 0 aliphatic carbocycles. The Kier molecular flexibility index (Phi) is 7.46. The van der Waals surface area contributed by atoms with E-state index in [1.807, 2.05) is 0 Å². The van der Waals surface area contributed by atoms with Gasteiger partial charge in [-0.2, -0.15) is 26.3 Å². The fourth-order valence-electron chi connectivity index (χ4n) is 0.479. The van der Waals surface area contributed by atoms with Crippen LogP contribution in [0.25, 0.3) is 0 Å². The van der Waals surface area contributed by atoms with E-state index in [4.69, 9.17) is 10.2 Å². The smallest absolute Gasteiger partial charge is 0.384 e. The Morgan fingerprint density at radius 3 is 1.14 bits per heavy atom. The van der Waals surface area contributed by atoms with E-state index in [9.17, 15) is 26.3 Å². The number of aliphatic hydroxyl groups is 2. The zero-order chi connectivity index (χ0) is 10.9. The maximum atomic E-state index is 11.5. The summed E-state index contributed by atoms with van der Waals surface area (Å²) in [7, 11) is 0. The van der Waals surface area contributed by atoms with E-state index < -0.39 is 31.0 Å². The molecule has 2 N–H and O–H groups in total.